The minimum Gasteiger partial charge on any atom is -0.342 e. The van der Waals surface area contributed by atoms with Crippen molar-refractivity contribution in [2.45, 2.75) is 26.3 Å². The van der Waals surface area contributed by atoms with E-state index in [1.165, 1.54) is 9.75 Å². The van der Waals surface area contributed by atoms with E-state index in [0.717, 1.165) is 18.4 Å². The number of aryl methyl sites for hydroxylation is 1. The van der Waals surface area contributed by atoms with Crippen LogP contribution >= 0.6 is 11.3 Å². The summed E-state index contributed by atoms with van der Waals surface area (Å²) in [6.07, 6.45) is 3.86. The number of carbonyl (C=O) groups is 1. The molecule has 0 aliphatic heterocycles. The molecule has 0 aliphatic carbocycles. The Balaban J connectivity index is 2.14. The summed E-state index contributed by atoms with van der Waals surface area (Å²) in [4.78, 5) is 13.5. The van der Waals surface area contributed by atoms with E-state index in [0.29, 0.717) is 6.04 Å². The maximum absolute atomic E-state index is 10.8. The maximum atomic E-state index is 10.8. The maximum Gasteiger partial charge on any atom is 0.166 e. The summed E-state index contributed by atoms with van der Waals surface area (Å²) < 4.78 is 2.03. The molecule has 1 unspecified atom stereocenters. The highest BCUT2D eigenvalue weighted by Crippen LogP contribution is 2.22. The first-order valence-corrected chi connectivity index (χ1v) is 6.19. The van der Waals surface area contributed by atoms with E-state index in [1.54, 1.807) is 0 Å². The molecule has 0 radical (unpaired) electrons. The van der Waals surface area contributed by atoms with Gasteiger partial charge in [0.15, 0.2) is 6.29 Å². The lowest BCUT2D eigenvalue weighted by Crippen LogP contribution is -2.09. The van der Waals surface area contributed by atoms with Crippen LogP contribution in [0.25, 0.3) is 0 Å². The van der Waals surface area contributed by atoms with Gasteiger partial charge in [0.2, 0.25) is 0 Å². The number of hydrogen-bond acceptors (Lipinski definition) is 2. The number of carbonyl (C=O) groups excluding carboxylic acids is 1. The Hall–Kier alpha value is -1.35. The van der Waals surface area contributed by atoms with E-state index in [1.807, 2.05) is 34.2 Å². The summed E-state index contributed by atoms with van der Waals surface area (Å²) in [5.41, 5.74) is 0.751. The van der Waals surface area contributed by atoms with Crippen molar-refractivity contribution in [2.75, 3.05) is 0 Å². The van der Waals surface area contributed by atoms with Crippen molar-refractivity contribution in [1.82, 2.24) is 4.57 Å². The van der Waals surface area contributed by atoms with Crippen LogP contribution in [0.15, 0.2) is 30.5 Å². The predicted molar refractivity (Wildman–Crippen MR) is 67.3 cm³/mol. The van der Waals surface area contributed by atoms with Crippen LogP contribution < -0.4 is 0 Å². The smallest absolute Gasteiger partial charge is 0.166 e. The van der Waals surface area contributed by atoms with Crippen LogP contribution in [-0.2, 0) is 6.42 Å². The van der Waals surface area contributed by atoms with E-state index < -0.39 is 0 Å². The van der Waals surface area contributed by atoms with Gasteiger partial charge in [-0.05, 0) is 38.1 Å². The van der Waals surface area contributed by atoms with Gasteiger partial charge in [-0.2, -0.15) is 0 Å². The molecule has 2 aromatic heterocycles. The molecule has 0 saturated heterocycles. The summed E-state index contributed by atoms with van der Waals surface area (Å²) in [7, 11) is 0. The molecule has 16 heavy (non-hydrogen) atoms. The van der Waals surface area contributed by atoms with Gasteiger partial charge in [-0.15, -0.1) is 11.3 Å². The second kappa shape index (κ2) is 4.66. The van der Waals surface area contributed by atoms with E-state index in [9.17, 15) is 4.79 Å². The van der Waals surface area contributed by atoms with Crippen LogP contribution in [0.3, 0.4) is 0 Å². The van der Waals surface area contributed by atoms with Crippen molar-refractivity contribution < 1.29 is 4.79 Å². The molecule has 0 fully saturated rings. The van der Waals surface area contributed by atoms with Crippen LogP contribution in [0.4, 0.5) is 0 Å². The molecule has 0 N–H and O–H groups in total. The van der Waals surface area contributed by atoms with Gasteiger partial charge in [-0.1, -0.05) is 0 Å². The van der Waals surface area contributed by atoms with Crippen molar-refractivity contribution in [3.8, 4) is 0 Å². The number of thiophene rings is 1. The molecule has 3 heteroatoms. The normalized spacial score (nSPS) is 12.6. The minimum absolute atomic E-state index is 0.327. The van der Waals surface area contributed by atoms with Crippen molar-refractivity contribution in [3.05, 3.63) is 45.9 Å². The zero-order valence-corrected chi connectivity index (χ0v) is 10.3. The third kappa shape index (κ3) is 2.25. The highest BCUT2D eigenvalue weighted by Gasteiger charge is 2.09. The van der Waals surface area contributed by atoms with E-state index in [4.69, 9.17) is 0 Å². The van der Waals surface area contributed by atoms with Crippen molar-refractivity contribution in [2.24, 2.45) is 0 Å². The van der Waals surface area contributed by atoms with Crippen LogP contribution in [0.1, 0.15) is 33.2 Å². The van der Waals surface area contributed by atoms with Gasteiger partial charge in [0.1, 0.15) is 0 Å². The fourth-order valence-electron chi connectivity index (χ4n) is 1.89. The lowest BCUT2D eigenvalue weighted by Gasteiger charge is -2.14. The SMILES string of the molecule is Cc1ccc(CC(C)n2cccc2C=O)s1. The van der Waals surface area contributed by atoms with Gasteiger partial charge in [0.05, 0.1) is 5.69 Å². The summed E-state index contributed by atoms with van der Waals surface area (Å²) >= 11 is 1.83. The highest BCUT2D eigenvalue weighted by molar-refractivity contribution is 7.11. The Kier molecular flexibility index (Phi) is 3.25. The molecule has 0 aromatic carbocycles. The Labute approximate surface area is 99.5 Å². The molecule has 2 aromatic rings. The van der Waals surface area contributed by atoms with Crippen molar-refractivity contribution in [3.63, 3.8) is 0 Å². The van der Waals surface area contributed by atoms with Crippen LogP contribution in [-0.4, -0.2) is 10.9 Å². The summed E-state index contributed by atoms with van der Waals surface area (Å²) in [6, 6.07) is 8.40. The second-order valence-electron chi connectivity index (χ2n) is 4.02. The molecular formula is C13H15NOS. The first-order valence-electron chi connectivity index (χ1n) is 5.38. The Morgan fingerprint density at radius 1 is 1.44 bits per heavy atom. The van der Waals surface area contributed by atoms with E-state index >= 15 is 0 Å². The number of aromatic nitrogens is 1. The number of aldehydes is 1. The minimum atomic E-state index is 0.327. The summed E-state index contributed by atoms with van der Waals surface area (Å²) in [5.74, 6) is 0. The fourth-order valence-corrected chi connectivity index (χ4v) is 2.90. The fraction of sp³-hybridized carbons (Fsp3) is 0.308. The van der Waals surface area contributed by atoms with Gasteiger partial charge in [0, 0.05) is 28.4 Å². The van der Waals surface area contributed by atoms with Gasteiger partial charge in [-0.25, -0.2) is 0 Å². The topological polar surface area (TPSA) is 22.0 Å². The molecule has 0 saturated carbocycles. The molecule has 2 heterocycles. The predicted octanol–water partition coefficient (Wildman–Crippen LogP) is 3.47. The van der Waals surface area contributed by atoms with Crippen molar-refractivity contribution >= 4 is 17.6 Å². The zero-order chi connectivity index (χ0) is 11.5. The average molecular weight is 233 g/mol. The lowest BCUT2D eigenvalue weighted by atomic mass is 10.2. The summed E-state index contributed by atoms with van der Waals surface area (Å²) in [5, 5.41) is 0. The number of nitrogens with zero attached hydrogens (tertiary/aromatic N) is 1. The standard InChI is InChI=1S/C13H15NOS/c1-10(8-13-6-5-11(2)16-13)14-7-3-4-12(14)9-15/h3-7,9-10H,8H2,1-2H3. The zero-order valence-electron chi connectivity index (χ0n) is 9.51. The lowest BCUT2D eigenvalue weighted by molar-refractivity contribution is 0.111. The first-order chi connectivity index (χ1) is 7.70. The molecule has 84 valence electrons. The van der Waals surface area contributed by atoms with Gasteiger partial charge >= 0.3 is 0 Å². The summed E-state index contributed by atoms with van der Waals surface area (Å²) in [6.45, 7) is 4.26. The quantitative estimate of drug-likeness (QED) is 0.741. The average Bonchev–Trinajstić information content (AvgIpc) is 2.86. The van der Waals surface area contributed by atoms with E-state index in [-0.39, 0.29) is 0 Å². The van der Waals surface area contributed by atoms with E-state index in [2.05, 4.69) is 26.0 Å². The molecule has 0 amide bonds. The molecule has 0 bridgehead atoms. The third-order valence-electron chi connectivity index (χ3n) is 2.70. The monoisotopic (exact) mass is 233 g/mol. The van der Waals surface area contributed by atoms with Crippen LogP contribution in [0.2, 0.25) is 0 Å². The Morgan fingerprint density at radius 2 is 2.25 bits per heavy atom. The number of hydrogen-bond donors (Lipinski definition) is 0. The largest absolute Gasteiger partial charge is 0.342 e. The first kappa shape index (κ1) is 11.1. The van der Waals surface area contributed by atoms with Crippen LogP contribution in [0, 0.1) is 6.92 Å². The van der Waals surface area contributed by atoms with Crippen molar-refractivity contribution in [1.29, 1.82) is 0 Å². The molecular weight excluding hydrogens is 218 g/mol. The third-order valence-corrected chi connectivity index (χ3v) is 3.72. The second-order valence-corrected chi connectivity index (χ2v) is 5.40. The Bertz CT molecular complexity index is 484. The highest BCUT2D eigenvalue weighted by atomic mass is 32.1. The van der Waals surface area contributed by atoms with Gasteiger partial charge in [-0.3, -0.25) is 4.79 Å². The molecule has 0 spiro atoms. The molecule has 2 nitrogen and oxygen atoms in total. The molecule has 0 aliphatic rings. The van der Waals surface area contributed by atoms with Crippen LogP contribution in [0.5, 0.6) is 0 Å². The molecule has 2 rings (SSSR count). The Morgan fingerprint density at radius 3 is 2.88 bits per heavy atom. The number of rotatable bonds is 4. The van der Waals surface area contributed by atoms with Gasteiger partial charge in [0.25, 0.3) is 0 Å². The van der Waals surface area contributed by atoms with Gasteiger partial charge < -0.3 is 4.57 Å². The molecule has 1 atom stereocenters.